The molecule has 0 saturated carbocycles. The van der Waals surface area contributed by atoms with E-state index in [0.29, 0.717) is 22.3 Å². The predicted octanol–water partition coefficient (Wildman–Crippen LogP) is 3.11. The minimum Gasteiger partial charge on any atom is -0.337 e. The zero-order chi connectivity index (χ0) is 13.4. The molecule has 4 nitrogen and oxygen atoms in total. The van der Waals surface area contributed by atoms with Crippen LogP contribution in [0.25, 0.3) is 0 Å². The van der Waals surface area contributed by atoms with Gasteiger partial charge in [-0.1, -0.05) is 30.1 Å². The van der Waals surface area contributed by atoms with Crippen LogP contribution in [0.15, 0.2) is 18.2 Å². The molecule has 0 heterocycles. The van der Waals surface area contributed by atoms with E-state index in [-0.39, 0.29) is 6.03 Å². The Morgan fingerprint density at radius 1 is 1.22 bits per heavy atom. The molecule has 0 aliphatic rings. The number of halogens is 2. The van der Waals surface area contributed by atoms with Gasteiger partial charge in [0.25, 0.3) is 0 Å². The standard InChI is InChI=1S/C12H17Cl2N3O/c1-2-5-15-6-7-16-12(18)17-11-8-9(13)3-4-10(11)14/h3-4,8,15H,2,5-7H2,1H3,(H2,16,17,18). The summed E-state index contributed by atoms with van der Waals surface area (Å²) in [4.78, 5) is 11.6. The molecule has 0 aliphatic heterocycles. The highest BCUT2D eigenvalue weighted by atomic mass is 35.5. The van der Waals surface area contributed by atoms with Crippen molar-refractivity contribution in [3.63, 3.8) is 0 Å². The third kappa shape index (κ3) is 5.58. The maximum Gasteiger partial charge on any atom is 0.319 e. The molecule has 6 heteroatoms. The van der Waals surface area contributed by atoms with Gasteiger partial charge in [0.05, 0.1) is 10.7 Å². The first-order valence-corrected chi connectivity index (χ1v) is 6.59. The maximum atomic E-state index is 11.6. The summed E-state index contributed by atoms with van der Waals surface area (Å²) in [7, 11) is 0. The van der Waals surface area contributed by atoms with Crippen LogP contribution in [-0.4, -0.2) is 25.7 Å². The zero-order valence-corrected chi connectivity index (χ0v) is 11.7. The molecular formula is C12H17Cl2N3O. The van der Waals surface area contributed by atoms with E-state index in [1.165, 1.54) is 0 Å². The number of benzene rings is 1. The van der Waals surface area contributed by atoms with E-state index in [4.69, 9.17) is 23.2 Å². The number of nitrogens with one attached hydrogen (secondary N) is 3. The molecule has 1 rings (SSSR count). The van der Waals surface area contributed by atoms with Crippen LogP contribution >= 0.6 is 23.2 Å². The minimum absolute atomic E-state index is 0.294. The van der Waals surface area contributed by atoms with Gasteiger partial charge in [-0.25, -0.2) is 4.79 Å². The van der Waals surface area contributed by atoms with Crippen LogP contribution < -0.4 is 16.0 Å². The monoisotopic (exact) mass is 289 g/mol. The lowest BCUT2D eigenvalue weighted by Crippen LogP contribution is -2.35. The Hall–Kier alpha value is -0.970. The highest BCUT2D eigenvalue weighted by Crippen LogP contribution is 2.25. The van der Waals surface area contributed by atoms with Crippen LogP contribution in [0.4, 0.5) is 10.5 Å². The van der Waals surface area contributed by atoms with Crippen LogP contribution in [0.5, 0.6) is 0 Å². The van der Waals surface area contributed by atoms with Crippen LogP contribution in [-0.2, 0) is 0 Å². The summed E-state index contributed by atoms with van der Waals surface area (Å²) in [6.45, 7) is 4.34. The second-order valence-electron chi connectivity index (χ2n) is 3.76. The van der Waals surface area contributed by atoms with Crippen molar-refractivity contribution in [3.05, 3.63) is 28.2 Å². The molecule has 0 unspecified atom stereocenters. The van der Waals surface area contributed by atoms with E-state index in [9.17, 15) is 4.79 Å². The molecule has 0 aliphatic carbocycles. The molecule has 0 aromatic heterocycles. The summed E-state index contributed by atoms with van der Waals surface area (Å²) < 4.78 is 0. The molecule has 0 atom stereocenters. The van der Waals surface area contributed by atoms with E-state index in [2.05, 4.69) is 22.9 Å². The average Bonchev–Trinajstić information content (AvgIpc) is 2.33. The first-order valence-electron chi connectivity index (χ1n) is 5.84. The lowest BCUT2D eigenvalue weighted by Gasteiger charge is -2.09. The van der Waals surface area contributed by atoms with Crippen molar-refractivity contribution in [1.29, 1.82) is 0 Å². The first-order chi connectivity index (χ1) is 8.63. The van der Waals surface area contributed by atoms with Crippen LogP contribution in [0.2, 0.25) is 10.0 Å². The Bertz CT molecular complexity index is 399. The van der Waals surface area contributed by atoms with Gasteiger partial charge in [0, 0.05) is 18.1 Å². The van der Waals surface area contributed by atoms with Gasteiger partial charge in [0.15, 0.2) is 0 Å². The maximum absolute atomic E-state index is 11.6. The number of anilines is 1. The van der Waals surface area contributed by atoms with Crippen molar-refractivity contribution in [3.8, 4) is 0 Å². The summed E-state index contributed by atoms with van der Waals surface area (Å²) in [5, 5.41) is 9.54. The van der Waals surface area contributed by atoms with Gasteiger partial charge in [-0.15, -0.1) is 0 Å². The molecule has 1 aromatic carbocycles. The van der Waals surface area contributed by atoms with Crippen molar-refractivity contribution < 1.29 is 4.79 Å². The van der Waals surface area contributed by atoms with Gasteiger partial charge in [-0.3, -0.25) is 0 Å². The normalized spacial score (nSPS) is 10.2. The van der Waals surface area contributed by atoms with Gasteiger partial charge >= 0.3 is 6.03 Å². The molecule has 3 N–H and O–H groups in total. The van der Waals surface area contributed by atoms with Crippen molar-refractivity contribution in [2.75, 3.05) is 25.0 Å². The lowest BCUT2D eigenvalue weighted by molar-refractivity contribution is 0.252. The predicted molar refractivity (Wildman–Crippen MR) is 76.6 cm³/mol. The Kier molecular flexibility index (Phi) is 6.86. The topological polar surface area (TPSA) is 53.2 Å². The molecule has 18 heavy (non-hydrogen) atoms. The van der Waals surface area contributed by atoms with Gasteiger partial charge in [-0.2, -0.15) is 0 Å². The number of rotatable bonds is 6. The lowest BCUT2D eigenvalue weighted by atomic mass is 10.3. The number of urea groups is 1. The van der Waals surface area contributed by atoms with Crippen molar-refractivity contribution in [2.45, 2.75) is 13.3 Å². The second-order valence-corrected chi connectivity index (χ2v) is 4.60. The molecule has 0 spiro atoms. The van der Waals surface area contributed by atoms with E-state index < -0.39 is 0 Å². The Balaban J connectivity index is 2.33. The summed E-state index contributed by atoms with van der Waals surface area (Å²) >= 11 is 11.8. The second kappa shape index (κ2) is 8.19. The fourth-order valence-corrected chi connectivity index (χ4v) is 1.66. The van der Waals surface area contributed by atoms with E-state index in [1.54, 1.807) is 18.2 Å². The van der Waals surface area contributed by atoms with Crippen LogP contribution in [0.3, 0.4) is 0 Å². The number of hydrogen-bond acceptors (Lipinski definition) is 2. The zero-order valence-electron chi connectivity index (χ0n) is 10.2. The number of hydrogen-bond donors (Lipinski definition) is 3. The Morgan fingerprint density at radius 2 is 2.00 bits per heavy atom. The number of amides is 2. The van der Waals surface area contributed by atoms with Gasteiger partial charge in [0.1, 0.15) is 0 Å². The minimum atomic E-state index is -0.294. The summed E-state index contributed by atoms with van der Waals surface area (Å²) in [6.07, 6.45) is 1.07. The number of carbonyl (C=O) groups excluding carboxylic acids is 1. The largest absolute Gasteiger partial charge is 0.337 e. The van der Waals surface area contributed by atoms with Gasteiger partial charge < -0.3 is 16.0 Å². The molecular weight excluding hydrogens is 273 g/mol. The highest BCUT2D eigenvalue weighted by Gasteiger charge is 2.05. The van der Waals surface area contributed by atoms with E-state index in [1.807, 2.05) is 0 Å². The third-order valence-electron chi connectivity index (χ3n) is 2.19. The van der Waals surface area contributed by atoms with Gasteiger partial charge in [0.2, 0.25) is 0 Å². The number of carbonyl (C=O) groups is 1. The molecule has 0 radical (unpaired) electrons. The quantitative estimate of drug-likeness (QED) is 0.705. The molecule has 100 valence electrons. The molecule has 1 aromatic rings. The molecule has 0 fully saturated rings. The summed E-state index contributed by atoms with van der Waals surface area (Å²) in [5.41, 5.74) is 0.503. The molecule has 0 bridgehead atoms. The fraction of sp³-hybridized carbons (Fsp3) is 0.417. The van der Waals surface area contributed by atoms with E-state index in [0.717, 1.165) is 19.5 Å². The van der Waals surface area contributed by atoms with Crippen LogP contribution in [0.1, 0.15) is 13.3 Å². The van der Waals surface area contributed by atoms with Crippen molar-refractivity contribution in [1.82, 2.24) is 10.6 Å². The smallest absolute Gasteiger partial charge is 0.319 e. The molecule has 2 amide bonds. The average molecular weight is 290 g/mol. The summed E-state index contributed by atoms with van der Waals surface area (Å²) in [5.74, 6) is 0. The summed E-state index contributed by atoms with van der Waals surface area (Å²) in [6, 6.07) is 4.63. The van der Waals surface area contributed by atoms with E-state index >= 15 is 0 Å². The van der Waals surface area contributed by atoms with Crippen molar-refractivity contribution >= 4 is 34.9 Å². The molecule has 0 saturated heterocycles. The van der Waals surface area contributed by atoms with Crippen LogP contribution in [0, 0.1) is 0 Å². The Labute approximate surface area is 117 Å². The Morgan fingerprint density at radius 3 is 2.72 bits per heavy atom. The third-order valence-corrected chi connectivity index (χ3v) is 2.76. The highest BCUT2D eigenvalue weighted by molar-refractivity contribution is 6.35. The first kappa shape index (κ1) is 15.1. The van der Waals surface area contributed by atoms with Gasteiger partial charge in [-0.05, 0) is 31.2 Å². The SMILES string of the molecule is CCCNCCNC(=O)Nc1cc(Cl)ccc1Cl. The van der Waals surface area contributed by atoms with Crippen molar-refractivity contribution in [2.24, 2.45) is 0 Å². The fourth-order valence-electron chi connectivity index (χ4n) is 1.33.